The van der Waals surface area contributed by atoms with Gasteiger partial charge in [0.1, 0.15) is 5.82 Å². The van der Waals surface area contributed by atoms with Crippen LogP contribution in [0.5, 0.6) is 0 Å². The number of halogens is 1. The van der Waals surface area contributed by atoms with Gasteiger partial charge in [0.15, 0.2) is 0 Å². The maximum atomic E-state index is 13.1. The quantitative estimate of drug-likeness (QED) is 0.777. The molecule has 94 valence electrons. The van der Waals surface area contributed by atoms with Crippen LogP contribution in [-0.4, -0.2) is 10.2 Å². The number of anilines is 1. The molecule has 3 rings (SSSR count). The monoisotopic (exact) mass is 253 g/mol. The average molecular weight is 253 g/mol. The van der Waals surface area contributed by atoms with Crippen molar-refractivity contribution in [2.45, 2.75) is 6.54 Å². The molecule has 0 aliphatic carbocycles. The lowest BCUT2D eigenvalue weighted by Crippen LogP contribution is -2.01. The molecule has 0 atom stereocenters. The van der Waals surface area contributed by atoms with Crippen LogP contribution in [0, 0.1) is 5.82 Å². The lowest BCUT2D eigenvalue weighted by Gasteiger charge is -2.08. The molecule has 0 amide bonds. The van der Waals surface area contributed by atoms with E-state index in [1.165, 1.54) is 12.1 Å². The number of nitrogens with zero attached hydrogens (tertiary/aromatic N) is 2. The molecular weight excluding hydrogens is 241 g/mol. The fourth-order valence-electron chi connectivity index (χ4n) is 1.99. The molecule has 2 aromatic carbocycles. The highest BCUT2D eigenvalue weighted by Crippen LogP contribution is 2.20. The van der Waals surface area contributed by atoms with Crippen molar-refractivity contribution in [3.63, 3.8) is 0 Å². The number of hydrogen-bond donors (Lipinski definition) is 1. The van der Waals surface area contributed by atoms with Crippen molar-refractivity contribution in [1.29, 1.82) is 0 Å². The lowest BCUT2D eigenvalue weighted by atomic mass is 10.2. The number of benzene rings is 2. The molecule has 0 unspecified atom stereocenters. The van der Waals surface area contributed by atoms with Gasteiger partial charge < -0.3 is 5.32 Å². The van der Waals surface area contributed by atoms with Crippen molar-refractivity contribution in [1.82, 2.24) is 10.2 Å². The van der Waals surface area contributed by atoms with Gasteiger partial charge in [-0.3, -0.25) is 0 Å². The molecule has 0 bridgehead atoms. The third kappa shape index (κ3) is 2.52. The molecule has 0 aliphatic heterocycles. The molecule has 1 N–H and O–H groups in total. The van der Waals surface area contributed by atoms with E-state index < -0.39 is 0 Å². The normalized spacial score (nSPS) is 10.6. The van der Waals surface area contributed by atoms with Crippen LogP contribution in [0.1, 0.15) is 5.56 Å². The molecule has 0 spiro atoms. The van der Waals surface area contributed by atoms with Gasteiger partial charge in [0.25, 0.3) is 0 Å². The topological polar surface area (TPSA) is 37.8 Å². The van der Waals surface area contributed by atoms with Crippen LogP contribution < -0.4 is 5.32 Å². The molecular formula is C15H12FN3. The number of aromatic nitrogens is 2. The highest BCUT2D eigenvalue weighted by atomic mass is 19.1. The predicted molar refractivity (Wildman–Crippen MR) is 73.3 cm³/mol. The molecule has 3 aromatic rings. The predicted octanol–water partition coefficient (Wildman–Crippen LogP) is 3.38. The minimum absolute atomic E-state index is 0.225. The van der Waals surface area contributed by atoms with Crippen LogP contribution in [0.2, 0.25) is 0 Å². The van der Waals surface area contributed by atoms with Gasteiger partial charge in [-0.25, -0.2) is 4.39 Å². The summed E-state index contributed by atoms with van der Waals surface area (Å²) in [6.45, 7) is 0.549. The zero-order valence-corrected chi connectivity index (χ0v) is 10.2. The third-order valence-corrected chi connectivity index (χ3v) is 2.92. The van der Waals surface area contributed by atoms with E-state index in [-0.39, 0.29) is 5.82 Å². The lowest BCUT2D eigenvalue weighted by molar-refractivity contribution is 0.626. The van der Waals surface area contributed by atoms with E-state index in [0.29, 0.717) is 6.54 Å². The second-order valence-electron chi connectivity index (χ2n) is 4.26. The number of hydrogen-bond acceptors (Lipinski definition) is 3. The summed E-state index contributed by atoms with van der Waals surface area (Å²) in [5.41, 5.74) is 2.63. The van der Waals surface area contributed by atoms with E-state index in [1.54, 1.807) is 12.3 Å². The SMILES string of the molecule is Fc1cccc(CNc2cnnc3ccccc23)c1. The van der Waals surface area contributed by atoms with Crippen molar-refractivity contribution < 1.29 is 4.39 Å². The first-order chi connectivity index (χ1) is 9.33. The molecule has 0 fully saturated rings. The van der Waals surface area contributed by atoms with E-state index >= 15 is 0 Å². The van der Waals surface area contributed by atoms with Crippen molar-refractivity contribution >= 4 is 16.6 Å². The summed E-state index contributed by atoms with van der Waals surface area (Å²) in [4.78, 5) is 0. The van der Waals surface area contributed by atoms with Gasteiger partial charge in [0, 0.05) is 11.9 Å². The van der Waals surface area contributed by atoms with Crippen molar-refractivity contribution in [2.75, 3.05) is 5.32 Å². The van der Waals surface area contributed by atoms with Gasteiger partial charge in [-0.15, -0.1) is 0 Å². The van der Waals surface area contributed by atoms with Crippen LogP contribution in [0.15, 0.2) is 54.7 Å². The van der Waals surface area contributed by atoms with E-state index in [1.807, 2.05) is 30.3 Å². The van der Waals surface area contributed by atoms with Gasteiger partial charge >= 0.3 is 0 Å². The van der Waals surface area contributed by atoms with Gasteiger partial charge in [0.2, 0.25) is 0 Å². The van der Waals surface area contributed by atoms with Crippen LogP contribution in [0.3, 0.4) is 0 Å². The van der Waals surface area contributed by atoms with Crippen LogP contribution in [-0.2, 0) is 6.54 Å². The Labute approximate surface area is 110 Å². The summed E-state index contributed by atoms with van der Waals surface area (Å²) in [6, 6.07) is 14.3. The summed E-state index contributed by atoms with van der Waals surface area (Å²) in [7, 11) is 0. The molecule has 1 heterocycles. The van der Waals surface area contributed by atoms with Gasteiger partial charge in [0.05, 0.1) is 17.4 Å². The molecule has 0 aliphatic rings. The van der Waals surface area contributed by atoms with E-state index in [9.17, 15) is 4.39 Å². The Morgan fingerprint density at radius 1 is 1.05 bits per heavy atom. The Hall–Kier alpha value is -2.49. The maximum Gasteiger partial charge on any atom is 0.123 e. The Balaban J connectivity index is 1.86. The Bertz CT molecular complexity index is 707. The second kappa shape index (κ2) is 5.02. The Morgan fingerprint density at radius 3 is 2.84 bits per heavy atom. The highest BCUT2D eigenvalue weighted by molar-refractivity contribution is 5.90. The van der Waals surface area contributed by atoms with Crippen LogP contribution in [0.4, 0.5) is 10.1 Å². The molecule has 0 saturated heterocycles. The second-order valence-corrected chi connectivity index (χ2v) is 4.26. The molecule has 3 nitrogen and oxygen atoms in total. The summed E-state index contributed by atoms with van der Waals surface area (Å²) in [5.74, 6) is -0.225. The van der Waals surface area contributed by atoms with Crippen molar-refractivity contribution in [3.05, 3.63) is 66.1 Å². The van der Waals surface area contributed by atoms with Gasteiger partial charge in [-0.05, 0) is 23.8 Å². The first-order valence-electron chi connectivity index (χ1n) is 6.02. The number of rotatable bonds is 3. The Kier molecular flexibility index (Phi) is 3.06. The summed E-state index contributed by atoms with van der Waals surface area (Å²) in [6.07, 6.45) is 1.68. The van der Waals surface area contributed by atoms with E-state index in [2.05, 4.69) is 15.5 Å². The van der Waals surface area contributed by atoms with E-state index in [0.717, 1.165) is 22.2 Å². The number of nitrogens with one attached hydrogen (secondary N) is 1. The Morgan fingerprint density at radius 2 is 1.95 bits per heavy atom. The molecule has 19 heavy (non-hydrogen) atoms. The molecule has 1 aromatic heterocycles. The van der Waals surface area contributed by atoms with E-state index in [4.69, 9.17) is 0 Å². The van der Waals surface area contributed by atoms with Gasteiger partial charge in [-0.1, -0.05) is 30.3 Å². The minimum Gasteiger partial charge on any atom is -0.379 e. The smallest absolute Gasteiger partial charge is 0.123 e. The van der Waals surface area contributed by atoms with Crippen molar-refractivity contribution in [2.24, 2.45) is 0 Å². The summed E-state index contributed by atoms with van der Waals surface area (Å²) < 4.78 is 13.1. The first kappa shape index (κ1) is 11.6. The fraction of sp³-hybridized carbons (Fsp3) is 0.0667. The summed E-state index contributed by atoms with van der Waals surface area (Å²) >= 11 is 0. The molecule has 0 radical (unpaired) electrons. The third-order valence-electron chi connectivity index (χ3n) is 2.92. The van der Waals surface area contributed by atoms with Crippen molar-refractivity contribution in [3.8, 4) is 0 Å². The maximum absolute atomic E-state index is 13.1. The average Bonchev–Trinajstić information content (AvgIpc) is 2.45. The summed E-state index contributed by atoms with van der Waals surface area (Å²) in [5, 5.41) is 12.3. The molecule has 4 heteroatoms. The highest BCUT2D eigenvalue weighted by Gasteiger charge is 2.02. The van der Waals surface area contributed by atoms with Gasteiger partial charge in [-0.2, -0.15) is 10.2 Å². The molecule has 0 saturated carbocycles. The minimum atomic E-state index is -0.225. The zero-order valence-electron chi connectivity index (χ0n) is 10.2. The zero-order chi connectivity index (χ0) is 13.1. The van der Waals surface area contributed by atoms with Crippen LogP contribution >= 0.6 is 0 Å². The first-order valence-corrected chi connectivity index (χ1v) is 6.02. The fourth-order valence-corrected chi connectivity index (χ4v) is 1.99. The largest absolute Gasteiger partial charge is 0.379 e. The standard InChI is InChI=1S/C15H12FN3/c16-12-5-3-4-11(8-12)9-17-15-10-18-19-14-7-2-1-6-13(14)15/h1-8,10H,9H2,(H,17,19). The number of fused-ring (bicyclic) bond motifs is 1. The van der Waals surface area contributed by atoms with Crippen LogP contribution in [0.25, 0.3) is 10.9 Å².